The highest BCUT2D eigenvalue weighted by molar-refractivity contribution is 7.92. The first kappa shape index (κ1) is 17.0. The Bertz CT molecular complexity index is 891. The summed E-state index contributed by atoms with van der Waals surface area (Å²) in [7, 11) is -1.72. The predicted molar refractivity (Wildman–Crippen MR) is 104 cm³/mol. The van der Waals surface area contributed by atoms with E-state index in [4.69, 9.17) is 4.74 Å². The van der Waals surface area contributed by atoms with Crippen LogP contribution in [0.2, 0.25) is 0 Å². The number of benzene rings is 2. The Kier molecular flexibility index (Phi) is 4.40. The van der Waals surface area contributed by atoms with Gasteiger partial charge in [0.15, 0.2) is 0 Å². The number of anilines is 3. The molecule has 0 unspecified atom stereocenters. The molecule has 7 heteroatoms. The largest absolute Gasteiger partial charge is 0.490 e. The molecule has 0 saturated carbocycles. The van der Waals surface area contributed by atoms with Gasteiger partial charge in [0.2, 0.25) is 0 Å². The molecule has 0 spiro atoms. The summed E-state index contributed by atoms with van der Waals surface area (Å²) in [5.74, 6) is 0.715. The molecule has 26 heavy (non-hydrogen) atoms. The molecular weight excluding hydrogens is 350 g/mol. The first-order chi connectivity index (χ1) is 12.5. The van der Waals surface area contributed by atoms with Crippen LogP contribution in [0, 0.1) is 0 Å². The number of hydrogen-bond donors (Lipinski definition) is 1. The maximum Gasteiger partial charge on any atom is 0.261 e. The molecule has 1 fully saturated rings. The van der Waals surface area contributed by atoms with E-state index in [1.54, 1.807) is 18.2 Å². The summed E-state index contributed by atoms with van der Waals surface area (Å²) < 4.78 is 33.8. The van der Waals surface area contributed by atoms with E-state index in [2.05, 4.69) is 9.62 Å². The summed E-state index contributed by atoms with van der Waals surface area (Å²) in [5, 5.41) is 0. The summed E-state index contributed by atoms with van der Waals surface area (Å²) >= 11 is 0. The lowest BCUT2D eigenvalue weighted by molar-refractivity contribution is 0.311. The smallest absolute Gasteiger partial charge is 0.261 e. The van der Waals surface area contributed by atoms with Gasteiger partial charge in [-0.2, -0.15) is 0 Å². The zero-order chi connectivity index (χ0) is 18.1. The minimum atomic E-state index is -3.65. The number of ether oxygens (including phenoxy) is 1. The Morgan fingerprint density at radius 2 is 1.73 bits per heavy atom. The van der Waals surface area contributed by atoms with Crippen molar-refractivity contribution in [3.05, 3.63) is 42.5 Å². The minimum absolute atomic E-state index is 0.234. The van der Waals surface area contributed by atoms with E-state index in [0.29, 0.717) is 18.0 Å². The van der Waals surface area contributed by atoms with Crippen molar-refractivity contribution in [2.45, 2.75) is 17.7 Å². The highest BCUT2D eigenvalue weighted by Gasteiger charge is 2.21. The third-order valence-corrected chi connectivity index (χ3v) is 6.31. The molecule has 0 radical (unpaired) electrons. The van der Waals surface area contributed by atoms with E-state index in [0.717, 1.165) is 31.0 Å². The van der Waals surface area contributed by atoms with Crippen LogP contribution in [0.25, 0.3) is 0 Å². The number of nitrogens with zero attached hydrogens (tertiary/aromatic N) is 2. The second kappa shape index (κ2) is 6.72. The predicted octanol–water partition coefficient (Wildman–Crippen LogP) is 2.92. The molecule has 4 rings (SSSR count). The van der Waals surface area contributed by atoms with Crippen molar-refractivity contribution in [2.24, 2.45) is 0 Å². The van der Waals surface area contributed by atoms with Crippen LogP contribution in [0.1, 0.15) is 12.8 Å². The van der Waals surface area contributed by atoms with Crippen molar-refractivity contribution in [1.29, 1.82) is 0 Å². The lowest BCUT2D eigenvalue weighted by Gasteiger charge is -2.28. The van der Waals surface area contributed by atoms with Crippen LogP contribution in [0.4, 0.5) is 17.1 Å². The van der Waals surface area contributed by atoms with Gasteiger partial charge in [-0.15, -0.1) is 0 Å². The van der Waals surface area contributed by atoms with Gasteiger partial charge in [0.25, 0.3) is 10.0 Å². The van der Waals surface area contributed by atoms with Gasteiger partial charge in [-0.1, -0.05) is 0 Å². The second-order valence-electron chi connectivity index (χ2n) is 6.75. The first-order valence-corrected chi connectivity index (χ1v) is 10.4. The van der Waals surface area contributed by atoms with Crippen LogP contribution in [-0.2, 0) is 10.0 Å². The number of rotatable bonds is 4. The SMILES string of the molecule is CN1CCOc2ccc(S(=O)(=O)Nc3ccc(N4CCCC4)cc3)cc21. The van der Waals surface area contributed by atoms with Gasteiger partial charge in [-0.3, -0.25) is 4.72 Å². The van der Waals surface area contributed by atoms with E-state index in [-0.39, 0.29) is 4.90 Å². The summed E-state index contributed by atoms with van der Waals surface area (Å²) in [4.78, 5) is 4.55. The fourth-order valence-corrected chi connectivity index (χ4v) is 4.51. The number of hydrogen-bond acceptors (Lipinski definition) is 5. The van der Waals surface area contributed by atoms with Crippen LogP contribution in [-0.4, -0.2) is 41.7 Å². The van der Waals surface area contributed by atoms with Crippen LogP contribution >= 0.6 is 0 Å². The Balaban J connectivity index is 1.54. The summed E-state index contributed by atoms with van der Waals surface area (Å²) in [5.41, 5.74) is 2.50. The molecule has 138 valence electrons. The number of sulfonamides is 1. The Labute approximate surface area is 154 Å². The molecule has 2 aliphatic heterocycles. The Morgan fingerprint density at radius 3 is 2.46 bits per heavy atom. The average molecular weight is 373 g/mol. The topological polar surface area (TPSA) is 61.9 Å². The molecular formula is C19H23N3O3S. The molecule has 6 nitrogen and oxygen atoms in total. The molecule has 0 aliphatic carbocycles. The molecule has 0 amide bonds. The second-order valence-corrected chi connectivity index (χ2v) is 8.43. The van der Waals surface area contributed by atoms with Gasteiger partial charge in [-0.05, 0) is 55.3 Å². The van der Waals surface area contributed by atoms with Crippen LogP contribution in [0.5, 0.6) is 5.75 Å². The maximum absolute atomic E-state index is 12.8. The fraction of sp³-hybridized carbons (Fsp3) is 0.368. The Hall–Kier alpha value is -2.41. The zero-order valence-electron chi connectivity index (χ0n) is 14.8. The van der Waals surface area contributed by atoms with Crippen molar-refractivity contribution in [3.63, 3.8) is 0 Å². The third kappa shape index (κ3) is 3.31. The lowest BCUT2D eigenvalue weighted by atomic mass is 10.2. The number of fused-ring (bicyclic) bond motifs is 1. The van der Waals surface area contributed by atoms with Gasteiger partial charge >= 0.3 is 0 Å². The Morgan fingerprint density at radius 1 is 1.00 bits per heavy atom. The van der Waals surface area contributed by atoms with E-state index >= 15 is 0 Å². The van der Waals surface area contributed by atoms with Crippen molar-refractivity contribution in [2.75, 3.05) is 47.8 Å². The van der Waals surface area contributed by atoms with Crippen molar-refractivity contribution in [3.8, 4) is 5.75 Å². The standard InChI is InChI=1S/C19H23N3O3S/c1-21-12-13-25-19-9-8-17(14-18(19)21)26(23,24)20-15-4-6-16(7-5-15)22-10-2-3-11-22/h4-9,14,20H,2-3,10-13H2,1H3. The van der Waals surface area contributed by atoms with Crippen molar-refractivity contribution < 1.29 is 13.2 Å². The number of nitrogens with one attached hydrogen (secondary N) is 1. The summed E-state index contributed by atoms with van der Waals surface area (Å²) in [6.45, 7) is 3.48. The van der Waals surface area contributed by atoms with Gasteiger partial charge in [0.05, 0.1) is 17.1 Å². The van der Waals surface area contributed by atoms with Gasteiger partial charge in [0.1, 0.15) is 12.4 Å². The molecule has 2 heterocycles. The first-order valence-electron chi connectivity index (χ1n) is 8.89. The zero-order valence-corrected chi connectivity index (χ0v) is 15.6. The van der Waals surface area contributed by atoms with E-state index in [9.17, 15) is 8.42 Å². The normalized spacial score (nSPS) is 17.0. The molecule has 0 atom stereocenters. The molecule has 2 aliphatic rings. The van der Waals surface area contributed by atoms with Crippen LogP contribution < -0.4 is 19.3 Å². The van der Waals surface area contributed by atoms with Crippen molar-refractivity contribution >= 4 is 27.1 Å². The lowest BCUT2D eigenvalue weighted by Crippen LogP contribution is -2.29. The minimum Gasteiger partial charge on any atom is -0.490 e. The van der Waals surface area contributed by atoms with Gasteiger partial charge < -0.3 is 14.5 Å². The van der Waals surface area contributed by atoms with Crippen LogP contribution in [0.15, 0.2) is 47.4 Å². The third-order valence-electron chi connectivity index (χ3n) is 4.93. The highest BCUT2D eigenvalue weighted by Crippen LogP contribution is 2.33. The quantitative estimate of drug-likeness (QED) is 0.893. The highest BCUT2D eigenvalue weighted by atomic mass is 32.2. The van der Waals surface area contributed by atoms with E-state index in [1.807, 2.05) is 36.2 Å². The fourth-order valence-electron chi connectivity index (χ4n) is 3.43. The molecule has 0 bridgehead atoms. The molecule has 0 aromatic heterocycles. The van der Waals surface area contributed by atoms with E-state index < -0.39 is 10.0 Å². The van der Waals surface area contributed by atoms with Crippen LogP contribution in [0.3, 0.4) is 0 Å². The van der Waals surface area contributed by atoms with Gasteiger partial charge in [-0.25, -0.2) is 8.42 Å². The molecule has 2 aromatic carbocycles. The monoisotopic (exact) mass is 373 g/mol. The molecule has 1 N–H and O–H groups in total. The van der Waals surface area contributed by atoms with Crippen molar-refractivity contribution in [1.82, 2.24) is 0 Å². The average Bonchev–Trinajstić information content (AvgIpc) is 3.17. The summed E-state index contributed by atoms with van der Waals surface area (Å²) in [6, 6.07) is 12.5. The van der Waals surface area contributed by atoms with Gasteiger partial charge in [0, 0.05) is 31.5 Å². The molecule has 1 saturated heterocycles. The number of likely N-dealkylation sites (N-methyl/N-ethyl adjacent to an activating group) is 1. The summed E-state index contributed by atoms with van der Waals surface area (Å²) in [6.07, 6.45) is 2.43. The maximum atomic E-state index is 12.8. The molecule has 2 aromatic rings. The van der Waals surface area contributed by atoms with E-state index in [1.165, 1.54) is 12.8 Å².